The van der Waals surface area contributed by atoms with Crippen LogP contribution < -0.4 is 0 Å². The van der Waals surface area contributed by atoms with Crippen LogP contribution >= 0.6 is 11.8 Å². The van der Waals surface area contributed by atoms with E-state index in [0.29, 0.717) is 30.3 Å². The number of benzene rings is 1. The zero-order valence-electron chi connectivity index (χ0n) is 15.5. The van der Waals surface area contributed by atoms with E-state index < -0.39 is 10.0 Å². The number of ketones is 1. The van der Waals surface area contributed by atoms with Crippen LogP contribution in [0.25, 0.3) is 11.5 Å². The van der Waals surface area contributed by atoms with E-state index in [-0.39, 0.29) is 21.8 Å². The van der Waals surface area contributed by atoms with Gasteiger partial charge < -0.3 is 4.42 Å². The minimum Gasteiger partial charge on any atom is -0.411 e. The number of thioether (sulfide) groups is 1. The Balaban J connectivity index is 1.53. The highest BCUT2D eigenvalue weighted by molar-refractivity contribution is 8.00. The molecule has 0 spiro atoms. The number of rotatable bonds is 5. The van der Waals surface area contributed by atoms with Crippen molar-refractivity contribution in [3.63, 3.8) is 0 Å². The average molecular weight is 422 g/mol. The summed E-state index contributed by atoms with van der Waals surface area (Å²) >= 11 is 1.30. The zero-order chi connectivity index (χ0) is 19.6. The first-order chi connectivity index (χ1) is 13.5. The lowest BCUT2D eigenvalue weighted by atomic mass is 9.99. The monoisotopic (exact) mass is 421 g/mol. The van der Waals surface area contributed by atoms with Gasteiger partial charge in [0.15, 0.2) is 0 Å². The summed E-state index contributed by atoms with van der Waals surface area (Å²) in [5.74, 6) is 0.493. The van der Waals surface area contributed by atoms with Gasteiger partial charge in [0.1, 0.15) is 5.78 Å². The largest absolute Gasteiger partial charge is 0.411 e. The van der Waals surface area contributed by atoms with Crippen LogP contribution in [0.2, 0.25) is 0 Å². The van der Waals surface area contributed by atoms with Crippen LogP contribution in [0, 0.1) is 0 Å². The van der Waals surface area contributed by atoms with E-state index in [1.807, 2.05) is 0 Å². The quantitative estimate of drug-likeness (QED) is 0.729. The fourth-order valence-corrected chi connectivity index (χ4v) is 6.17. The third-order valence-electron chi connectivity index (χ3n) is 5.18. The first-order valence-corrected chi connectivity index (χ1v) is 12.0. The topological polar surface area (TPSA) is 93.4 Å². The fraction of sp³-hybridized carbons (Fsp3) is 0.526. The summed E-state index contributed by atoms with van der Waals surface area (Å²) in [5, 5.41) is 8.31. The minimum atomic E-state index is -3.52. The lowest BCUT2D eigenvalue weighted by Gasteiger charge is -2.25. The number of carbonyl (C=O) groups is 1. The van der Waals surface area contributed by atoms with Crippen molar-refractivity contribution in [2.75, 3.05) is 13.1 Å². The van der Waals surface area contributed by atoms with E-state index in [1.54, 1.807) is 28.6 Å². The van der Waals surface area contributed by atoms with E-state index in [1.165, 1.54) is 11.8 Å². The van der Waals surface area contributed by atoms with Gasteiger partial charge in [-0.25, -0.2) is 8.42 Å². The van der Waals surface area contributed by atoms with Crippen LogP contribution in [-0.4, -0.2) is 47.0 Å². The van der Waals surface area contributed by atoms with Gasteiger partial charge >= 0.3 is 0 Å². The van der Waals surface area contributed by atoms with E-state index in [9.17, 15) is 13.2 Å². The first-order valence-electron chi connectivity index (χ1n) is 9.67. The normalized spacial score (nSPS) is 21.7. The zero-order valence-corrected chi connectivity index (χ0v) is 17.2. The molecule has 2 aliphatic rings. The second kappa shape index (κ2) is 8.34. The van der Waals surface area contributed by atoms with Crippen LogP contribution in [0.5, 0.6) is 0 Å². The van der Waals surface area contributed by atoms with Crippen molar-refractivity contribution in [3.05, 3.63) is 24.3 Å². The average Bonchev–Trinajstić information content (AvgIpc) is 3.19. The molecule has 0 N–H and O–H groups in total. The van der Waals surface area contributed by atoms with Gasteiger partial charge in [-0.3, -0.25) is 4.79 Å². The minimum absolute atomic E-state index is 0.132. The van der Waals surface area contributed by atoms with Crippen LogP contribution in [0.15, 0.2) is 38.8 Å². The predicted molar refractivity (Wildman–Crippen MR) is 105 cm³/mol. The Morgan fingerprint density at radius 2 is 1.89 bits per heavy atom. The molecule has 0 bridgehead atoms. The highest BCUT2D eigenvalue weighted by Crippen LogP contribution is 2.33. The molecule has 1 aliphatic heterocycles. The van der Waals surface area contributed by atoms with Crippen molar-refractivity contribution < 1.29 is 17.6 Å². The summed E-state index contributed by atoms with van der Waals surface area (Å²) < 4.78 is 33.0. The molecule has 0 radical (unpaired) electrons. The van der Waals surface area contributed by atoms with E-state index >= 15 is 0 Å². The van der Waals surface area contributed by atoms with Crippen molar-refractivity contribution in [2.45, 2.75) is 60.3 Å². The molecular weight excluding hydrogens is 398 g/mol. The third-order valence-corrected chi connectivity index (χ3v) is 8.23. The Hall–Kier alpha value is -1.71. The summed E-state index contributed by atoms with van der Waals surface area (Å²) in [6.07, 6.45) is 6.26. The molecule has 2 fully saturated rings. The lowest BCUT2D eigenvalue weighted by molar-refractivity contribution is -0.119. The second-order valence-corrected chi connectivity index (χ2v) is 10.3. The van der Waals surface area contributed by atoms with E-state index in [0.717, 1.165) is 38.5 Å². The van der Waals surface area contributed by atoms with Gasteiger partial charge in [0.05, 0.1) is 10.1 Å². The van der Waals surface area contributed by atoms with Gasteiger partial charge in [0.25, 0.3) is 5.22 Å². The molecule has 2 aromatic rings. The summed E-state index contributed by atoms with van der Waals surface area (Å²) in [5.41, 5.74) is 0.562. The number of piperidine rings is 1. The number of Topliss-reactive ketones (excluding diaryl/α,β-unsaturated/α-hetero) is 1. The molecule has 28 heavy (non-hydrogen) atoms. The van der Waals surface area contributed by atoms with E-state index in [2.05, 4.69) is 10.2 Å². The van der Waals surface area contributed by atoms with E-state index in [4.69, 9.17) is 4.42 Å². The highest BCUT2D eigenvalue weighted by atomic mass is 32.2. The molecule has 0 amide bonds. The van der Waals surface area contributed by atoms with Gasteiger partial charge in [-0.15, -0.1) is 10.2 Å². The fourth-order valence-electron chi connectivity index (χ4n) is 3.62. The number of carbonyl (C=O) groups excluding carboxylic acids is 1. The summed E-state index contributed by atoms with van der Waals surface area (Å²) in [6.45, 7) is 1.12. The summed E-state index contributed by atoms with van der Waals surface area (Å²) in [7, 11) is -3.52. The van der Waals surface area contributed by atoms with Gasteiger partial charge in [-0.2, -0.15) is 4.31 Å². The number of aromatic nitrogens is 2. The number of nitrogens with zero attached hydrogens (tertiary/aromatic N) is 3. The molecule has 1 aromatic heterocycles. The molecule has 1 unspecified atom stereocenters. The number of hydrogen-bond donors (Lipinski definition) is 0. The molecule has 2 heterocycles. The van der Waals surface area contributed by atoms with Crippen LogP contribution in [-0.2, 0) is 14.8 Å². The van der Waals surface area contributed by atoms with Crippen molar-refractivity contribution in [1.29, 1.82) is 0 Å². The van der Waals surface area contributed by atoms with Crippen LogP contribution in [0.3, 0.4) is 0 Å². The Labute approximate surface area is 168 Å². The third kappa shape index (κ3) is 4.16. The SMILES string of the molecule is O=C1CCCCC1Sc1nnc(-c2cccc(S(=O)(=O)N3CCCCC3)c2)o1. The molecule has 150 valence electrons. The molecule has 1 saturated heterocycles. The van der Waals surface area contributed by atoms with Gasteiger partial charge in [0, 0.05) is 25.1 Å². The molecule has 7 nitrogen and oxygen atoms in total. The maximum Gasteiger partial charge on any atom is 0.277 e. The molecule has 9 heteroatoms. The van der Waals surface area contributed by atoms with Crippen LogP contribution in [0.4, 0.5) is 0 Å². The maximum absolute atomic E-state index is 12.9. The van der Waals surface area contributed by atoms with Crippen molar-refractivity contribution >= 4 is 27.6 Å². The van der Waals surface area contributed by atoms with Crippen molar-refractivity contribution in [1.82, 2.24) is 14.5 Å². The molecule has 1 aliphatic carbocycles. The van der Waals surface area contributed by atoms with Crippen molar-refractivity contribution in [3.8, 4) is 11.5 Å². The smallest absolute Gasteiger partial charge is 0.277 e. The molecule has 1 saturated carbocycles. The Morgan fingerprint density at radius 1 is 1.07 bits per heavy atom. The molecule has 1 atom stereocenters. The van der Waals surface area contributed by atoms with Crippen LogP contribution in [0.1, 0.15) is 44.9 Å². The molecular formula is C19H23N3O4S2. The molecule has 4 rings (SSSR count). The highest BCUT2D eigenvalue weighted by Gasteiger charge is 2.27. The molecule has 1 aromatic carbocycles. The second-order valence-electron chi connectivity index (χ2n) is 7.18. The standard InChI is InChI=1S/C19H23N3O4S2/c23-16-9-2-3-10-17(16)27-19-21-20-18(26-19)14-7-6-8-15(13-14)28(24,25)22-11-4-1-5-12-22/h6-8,13,17H,1-5,9-12H2. The maximum atomic E-state index is 12.9. The van der Waals surface area contributed by atoms with Gasteiger partial charge in [-0.05, 0) is 43.9 Å². The Bertz CT molecular complexity index is 952. The number of sulfonamides is 1. The lowest BCUT2D eigenvalue weighted by Crippen LogP contribution is -2.35. The Morgan fingerprint density at radius 3 is 2.68 bits per heavy atom. The number of hydrogen-bond acceptors (Lipinski definition) is 7. The summed E-state index contributed by atoms with van der Waals surface area (Å²) in [4.78, 5) is 12.2. The first kappa shape index (κ1) is 19.6. The van der Waals surface area contributed by atoms with Gasteiger partial charge in [-0.1, -0.05) is 30.7 Å². The van der Waals surface area contributed by atoms with Gasteiger partial charge in [0.2, 0.25) is 15.9 Å². The Kier molecular flexibility index (Phi) is 5.84. The van der Waals surface area contributed by atoms with Crippen molar-refractivity contribution in [2.24, 2.45) is 0 Å². The predicted octanol–water partition coefficient (Wildman–Crippen LogP) is 3.52. The summed E-state index contributed by atoms with van der Waals surface area (Å²) in [6, 6.07) is 6.62.